The van der Waals surface area contributed by atoms with Crippen molar-refractivity contribution in [2.24, 2.45) is 0 Å². The molecule has 9 nitrogen and oxygen atoms in total. The summed E-state index contributed by atoms with van der Waals surface area (Å²) in [6.07, 6.45) is -0.903. The second-order valence-corrected chi connectivity index (χ2v) is 8.62. The van der Waals surface area contributed by atoms with E-state index in [-0.39, 0.29) is 13.0 Å². The van der Waals surface area contributed by atoms with E-state index in [1.807, 2.05) is 13.8 Å². The lowest BCUT2D eigenvalue weighted by atomic mass is 10.1. The fourth-order valence-electron chi connectivity index (χ4n) is 3.77. The van der Waals surface area contributed by atoms with Crippen LogP contribution < -0.4 is 11.2 Å². The molecule has 0 radical (unpaired) electrons. The Morgan fingerprint density at radius 3 is 2.11 bits per heavy atom. The molecule has 0 amide bonds. The van der Waals surface area contributed by atoms with Crippen molar-refractivity contribution in [3.8, 4) is 0 Å². The molecular formula is C26H26N2O7. The smallest absolute Gasteiger partial charge is 0.338 e. The maximum absolute atomic E-state index is 12.8. The third kappa shape index (κ3) is 5.58. The van der Waals surface area contributed by atoms with Gasteiger partial charge in [-0.15, -0.1) is 0 Å². The van der Waals surface area contributed by atoms with Crippen molar-refractivity contribution < 1.29 is 23.8 Å². The van der Waals surface area contributed by atoms with Crippen molar-refractivity contribution in [3.05, 3.63) is 103 Å². The van der Waals surface area contributed by atoms with Gasteiger partial charge in [0.2, 0.25) is 0 Å². The Balaban J connectivity index is 1.53. The highest BCUT2D eigenvalue weighted by Gasteiger charge is 2.40. The Labute approximate surface area is 201 Å². The van der Waals surface area contributed by atoms with E-state index in [1.54, 1.807) is 55.5 Å². The van der Waals surface area contributed by atoms with Crippen LogP contribution >= 0.6 is 0 Å². The first kappa shape index (κ1) is 24.2. The number of benzene rings is 2. The highest BCUT2D eigenvalue weighted by molar-refractivity contribution is 5.90. The topological polar surface area (TPSA) is 117 Å². The molecule has 1 aliphatic heterocycles. The van der Waals surface area contributed by atoms with Gasteiger partial charge in [0.05, 0.1) is 11.1 Å². The highest BCUT2D eigenvalue weighted by atomic mass is 16.6. The first-order chi connectivity index (χ1) is 16.7. The lowest BCUT2D eigenvalue weighted by Gasteiger charge is -2.19. The summed E-state index contributed by atoms with van der Waals surface area (Å²) in [6, 6.07) is 13.8. The Bertz CT molecular complexity index is 1340. The molecule has 3 atom stereocenters. The maximum Gasteiger partial charge on any atom is 0.338 e. The summed E-state index contributed by atoms with van der Waals surface area (Å²) in [4.78, 5) is 51.6. The second-order valence-electron chi connectivity index (χ2n) is 8.62. The Kier molecular flexibility index (Phi) is 6.97. The predicted molar refractivity (Wildman–Crippen MR) is 126 cm³/mol. The van der Waals surface area contributed by atoms with E-state index in [2.05, 4.69) is 4.98 Å². The van der Waals surface area contributed by atoms with Crippen LogP contribution in [0.1, 0.15) is 50.1 Å². The van der Waals surface area contributed by atoms with Gasteiger partial charge in [0.15, 0.2) is 0 Å². The van der Waals surface area contributed by atoms with E-state index in [9.17, 15) is 19.2 Å². The van der Waals surface area contributed by atoms with E-state index in [0.717, 1.165) is 11.1 Å². The molecule has 1 aromatic heterocycles. The number of nitrogens with one attached hydrogen (secondary N) is 1. The lowest BCUT2D eigenvalue weighted by Crippen LogP contribution is -2.33. The molecule has 0 aliphatic carbocycles. The van der Waals surface area contributed by atoms with Gasteiger partial charge < -0.3 is 14.2 Å². The zero-order valence-corrected chi connectivity index (χ0v) is 19.6. The number of aromatic amines is 1. The first-order valence-corrected chi connectivity index (χ1v) is 11.2. The van der Waals surface area contributed by atoms with Crippen molar-refractivity contribution in [2.45, 2.75) is 45.6 Å². The number of ether oxygens (including phenoxy) is 3. The third-order valence-corrected chi connectivity index (χ3v) is 5.85. The summed E-state index contributed by atoms with van der Waals surface area (Å²) in [5, 5.41) is 0. The predicted octanol–water partition coefficient (Wildman–Crippen LogP) is 2.83. The summed E-state index contributed by atoms with van der Waals surface area (Å²) in [5.41, 5.74) is 1.95. The SMILES string of the molecule is Cc1ccc(C(=O)OC[C@H]2O[C@H](n3cc(C)c(=O)[nH]c3=O)C[C@@H]2OC(=O)c2ccc(C)cc2)cc1. The van der Waals surface area contributed by atoms with Crippen molar-refractivity contribution in [3.63, 3.8) is 0 Å². The second kappa shape index (κ2) is 10.1. The van der Waals surface area contributed by atoms with Crippen molar-refractivity contribution in [1.82, 2.24) is 9.55 Å². The summed E-state index contributed by atoms with van der Waals surface area (Å²) in [7, 11) is 0. The molecule has 0 spiro atoms. The molecule has 1 aliphatic rings. The van der Waals surface area contributed by atoms with Crippen molar-refractivity contribution >= 4 is 11.9 Å². The number of hydrogen-bond donors (Lipinski definition) is 1. The van der Waals surface area contributed by atoms with Crippen LogP contribution in [0, 0.1) is 20.8 Å². The van der Waals surface area contributed by atoms with Crippen LogP contribution in [-0.4, -0.2) is 40.3 Å². The van der Waals surface area contributed by atoms with Gasteiger partial charge in [-0.1, -0.05) is 35.4 Å². The monoisotopic (exact) mass is 478 g/mol. The minimum Gasteiger partial charge on any atom is -0.459 e. The first-order valence-electron chi connectivity index (χ1n) is 11.2. The van der Waals surface area contributed by atoms with Gasteiger partial charge in [0.25, 0.3) is 5.56 Å². The number of nitrogens with zero attached hydrogens (tertiary/aromatic N) is 1. The molecule has 182 valence electrons. The molecule has 4 rings (SSSR count). The molecule has 9 heteroatoms. The van der Waals surface area contributed by atoms with Crippen LogP contribution in [-0.2, 0) is 14.2 Å². The minimum atomic E-state index is -0.822. The van der Waals surface area contributed by atoms with Gasteiger partial charge in [-0.25, -0.2) is 14.4 Å². The largest absolute Gasteiger partial charge is 0.459 e. The molecular weight excluding hydrogens is 452 g/mol. The summed E-state index contributed by atoms with van der Waals surface area (Å²) in [5.74, 6) is -1.10. The maximum atomic E-state index is 12.8. The summed E-state index contributed by atoms with van der Waals surface area (Å²) < 4.78 is 18.4. The number of H-pyrrole nitrogens is 1. The number of carbonyl (C=O) groups is 2. The molecule has 0 saturated carbocycles. The van der Waals surface area contributed by atoms with Crippen LogP contribution in [0.4, 0.5) is 0 Å². The van der Waals surface area contributed by atoms with Gasteiger partial charge in [0, 0.05) is 18.2 Å². The Morgan fingerprint density at radius 2 is 1.51 bits per heavy atom. The van der Waals surface area contributed by atoms with Crippen LogP contribution in [0.3, 0.4) is 0 Å². The average molecular weight is 479 g/mol. The molecule has 2 aromatic carbocycles. The van der Waals surface area contributed by atoms with Gasteiger partial charge in [-0.2, -0.15) is 0 Å². The van der Waals surface area contributed by atoms with Crippen LogP contribution in [0.15, 0.2) is 64.3 Å². The van der Waals surface area contributed by atoms with E-state index in [0.29, 0.717) is 16.7 Å². The summed E-state index contributed by atoms with van der Waals surface area (Å²) >= 11 is 0. The molecule has 3 aromatic rings. The summed E-state index contributed by atoms with van der Waals surface area (Å²) in [6.45, 7) is 5.20. The highest BCUT2D eigenvalue weighted by Crippen LogP contribution is 2.31. The van der Waals surface area contributed by atoms with Crippen molar-refractivity contribution in [2.75, 3.05) is 6.61 Å². The van der Waals surface area contributed by atoms with Gasteiger partial charge in [-0.3, -0.25) is 14.3 Å². The van der Waals surface area contributed by atoms with E-state index < -0.39 is 41.6 Å². The number of aromatic nitrogens is 2. The average Bonchev–Trinajstić information content (AvgIpc) is 3.22. The van der Waals surface area contributed by atoms with Gasteiger partial charge in [0.1, 0.15) is 25.0 Å². The molecule has 1 saturated heterocycles. The molecule has 1 N–H and O–H groups in total. The number of carbonyl (C=O) groups excluding carboxylic acids is 2. The van der Waals surface area contributed by atoms with Crippen LogP contribution in [0.25, 0.3) is 0 Å². The number of rotatable bonds is 6. The molecule has 2 heterocycles. The van der Waals surface area contributed by atoms with Crippen LogP contribution in [0.5, 0.6) is 0 Å². The normalized spacial score (nSPS) is 19.3. The Hall–Kier alpha value is -3.98. The van der Waals surface area contributed by atoms with Gasteiger partial charge in [-0.05, 0) is 45.0 Å². The third-order valence-electron chi connectivity index (χ3n) is 5.85. The van der Waals surface area contributed by atoms with E-state index in [4.69, 9.17) is 14.2 Å². The molecule has 1 fully saturated rings. The zero-order chi connectivity index (χ0) is 25.1. The fourth-order valence-corrected chi connectivity index (χ4v) is 3.77. The quantitative estimate of drug-likeness (QED) is 0.542. The van der Waals surface area contributed by atoms with E-state index >= 15 is 0 Å². The molecule has 0 unspecified atom stereocenters. The molecule has 35 heavy (non-hydrogen) atoms. The Morgan fingerprint density at radius 1 is 0.943 bits per heavy atom. The standard InChI is InChI=1S/C26H26N2O7/c1-15-4-8-18(9-5-15)24(30)33-14-21-20(35-25(31)19-10-6-16(2)7-11-19)12-22(34-21)28-13-17(3)23(29)27-26(28)32/h4-11,13,20-22H,12,14H2,1-3H3,(H,27,29,32)/t20-,21+,22-/m0/s1. The lowest BCUT2D eigenvalue weighted by molar-refractivity contribution is -0.0582. The number of esters is 2. The van der Waals surface area contributed by atoms with Crippen LogP contribution in [0.2, 0.25) is 0 Å². The number of aryl methyl sites for hydroxylation is 3. The van der Waals surface area contributed by atoms with Gasteiger partial charge >= 0.3 is 17.6 Å². The van der Waals surface area contributed by atoms with E-state index in [1.165, 1.54) is 10.8 Å². The zero-order valence-electron chi connectivity index (χ0n) is 19.6. The molecule has 0 bridgehead atoms. The van der Waals surface area contributed by atoms with Crippen molar-refractivity contribution in [1.29, 1.82) is 0 Å². The minimum absolute atomic E-state index is 0.135. The fraction of sp³-hybridized carbons (Fsp3) is 0.308. The number of hydrogen-bond acceptors (Lipinski definition) is 7.